The zero-order valence-electron chi connectivity index (χ0n) is 20.3. The summed E-state index contributed by atoms with van der Waals surface area (Å²) < 4.78 is 0. The average molecular weight is 501 g/mol. The molecule has 0 saturated carbocycles. The van der Waals surface area contributed by atoms with Crippen LogP contribution in [0, 0.1) is 0 Å². The Bertz CT molecular complexity index is 1010. The van der Waals surface area contributed by atoms with E-state index in [1.54, 1.807) is 11.8 Å². The number of benzene rings is 2. The highest BCUT2D eigenvalue weighted by molar-refractivity contribution is 7.99. The Hall–Kier alpha value is -2.58. The zero-order chi connectivity index (χ0) is 25.2. The molecule has 35 heavy (non-hydrogen) atoms. The van der Waals surface area contributed by atoms with Crippen molar-refractivity contribution in [3.63, 3.8) is 0 Å². The van der Waals surface area contributed by atoms with Crippen LogP contribution in [0.2, 0.25) is 0 Å². The molecule has 1 amide bonds. The van der Waals surface area contributed by atoms with Gasteiger partial charge >= 0.3 is 11.9 Å². The maximum Gasteiger partial charge on any atom is 0.323 e. The van der Waals surface area contributed by atoms with Crippen LogP contribution in [0.4, 0.5) is 0 Å². The van der Waals surface area contributed by atoms with Gasteiger partial charge in [0.15, 0.2) is 0 Å². The van der Waals surface area contributed by atoms with Crippen molar-refractivity contribution in [2.75, 3.05) is 18.8 Å². The van der Waals surface area contributed by atoms with E-state index in [9.17, 15) is 24.6 Å². The third kappa shape index (κ3) is 7.70. The van der Waals surface area contributed by atoms with E-state index in [1.165, 1.54) is 11.3 Å². The molecule has 0 spiro atoms. The molecule has 3 atom stereocenters. The second kappa shape index (κ2) is 13.5. The summed E-state index contributed by atoms with van der Waals surface area (Å²) in [6, 6.07) is 12.5. The summed E-state index contributed by atoms with van der Waals surface area (Å²) in [6.07, 6.45) is 6.77. The van der Waals surface area contributed by atoms with Crippen LogP contribution < -0.4 is 5.32 Å². The van der Waals surface area contributed by atoms with Crippen LogP contribution in [-0.2, 0) is 14.4 Å². The van der Waals surface area contributed by atoms with Crippen LogP contribution in [-0.4, -0.2) is 63.9 Å². The summed E-state index contributed by atoms with van der Waals surface area (Å²) in [5.41, 5.74) is 1.05. The van der Waals surface area contributed by atoms with Crippen molar-refractivity contribution < 1.29 is 24.6 Å². The van der Waals surface area contributed by atoms with Gasteiger partial charge in [0.05, 0.1) is 6.04 Å². The van der Waals surface area contributed by atoms with Crippen molar-refractivity contribution in [1.29, 1.82) is 0 Å². The van der Waals surface area contributed by atoms with E-state index in [-0.39, 0.29) is 17.7 Å². The highest BCUT2D eigenvalue weighted by Gasteiger charge is 2.35. The molecule has 3 unspecified atom stereocenters. The number of carbonyl (C=O) groups is 3. The lowest BCUT2D eigenvalue weighted by Gasteiger charge is -2.26. The summed E-state index contributed by atoms with van der Waals surface area (Å²) in [7, 11) is 0. The molecule has 7 nitrogen and oxygen atoms in total. The van der Waals surface area contributed by atoms with Gasteiger partial charge in [-0.3, -0.25) is 19.7 Å². The maximum absolute atomic E-state index is 13.3. The number of fused-ring (bicyclic) bond motifs is 1. The van der Waals surface area contributed by atoms with Gasteiger partial charge in [-0.05, 0) is 22.8 Å². The summed E-state index contributed by atoms with van der Waals surface area (Å²) in [6.45, 7) is 2.01. The molecular weight excluding hydrogens is 464 g/mol. The quantitative estimate of drug-likeness (QED) is 0.342. The van der Waals surface area contributed by atoms with Crippen molar-refractivity contribution in [3.8, 4) is 0 Å². The van der Waals surface area contributed by atoms with Gasteiger partial charge in [0.25, 0.3) is 0 Å². The fourth-order valence-electron chi connectivity index (χ4n) is 4.64. The van der Waals surface area contributed by atoms with Crippen LogP contribution in [0.3, 0.4) is 0 Å². The Labute approximate surface area is 211 Å². The van der Waals surface area contributed by atoms with Gasteiger partial charge in [0.2, 0.25) is 5.91 Å². The van der Waals surface area contributed by atoms with Gasteiger partial charge < -0.3 is 15.1 Å². The first-order chi connectivity index (χ1) is 16.9. The minimum Gasteiger partial charge on any atom is -0.480 e. The molecular formula is C27H36N2O5S. The average Bonchev–Trinajstić information content (AvgIpc) is 2.98. The Balaban J connectivity index is 1.74. The second-order valence-electron chi connectivity index (χ2n) is 9.17. The molecule has 1 aliphatic heterocycles. The number of amides is 1. The molecule has 0 aliphatic carbocycles. The van der Waals surface area contributed by atoms with Crippen molar-refractivity contribution in [3.05, 3.63) is 48.0 Å². The smallest absolute Gasteiger partial charge is 0.323 e. The minimum atomic E-state index is -1.08. The van der Waals surface area contributed by atoms with Crippen molar-refractivity contribution in [2.24, 2.45) is 0 Å². The van der Waals surface area contributed by atoms with Crippen molar-refractivity contribution >= 4 is 40.4 Å². The lowest BCUT2D eigenvalue weighted by molar-refractivity contribution is -0.146. The molecule has 3 rings (SSSR count). The molecule has 2 aromatic carbocycles. The van der Waals surface area contributed by atoms with Crippen molar-refractivity contribution in [2.45, 2.75) is 69.2 Å². The summed E-state index contributed by atoms with van der Waals surface area (Å²) in [4.78, 5) is 38.2. The van der Waals surface area contributed by atoms with Crippen LogP contribution in [0.25, 0.3) is 10.8 Å². The van der Waals surface area contributed by atoms with E-state index in [2.05, 4.69) is 12.2 Å². The summed E-state index contributed by atoms with van der Waals surface area (Å²) in [5.74, 6) is -2.03. The largest absolute Gasteiger partial charge is 0.480 e. The highest BCUT2D eigenvalue weighted by Crippen LogP contribution is 2.37. The number of nitrogens with zero attached hydrogens (tertiary/aromatic N) is 1. The van der Waals surface area contributed by atoms with E-state index in [4.69, 9.17) is 0 Å². The number of hydrogen-bond acceptors (Lipinski definition) is 5. The number of thioether (sulfide) groups is 1. The fourth-order valence-corrected chi connectivity index (χ4v) is 5.98. The SMILES string of the molecule is CCCCCCCCC(NC1CSC(c2cccc3ccccc23)CN(CC(=O)O)C1=O)C(=O)O. The lowest BCUT2D eigenvalue weighted by Crippen LogP contribution is -2.53. The molecule has 2 aromatic rings. The number of hydrogen-bond donors (Lipinski definition) is 3. The Kier molecular flexibility index (Phi) is 10.4. The number of rotatable bonds is 13. The van der Waals surface area contributed by atoms with E-state index in [0.29, 0.717) is 12.2 Å². The zero-order valence-corrected chi connectivity index (χ0v) is 21.1. The molecule has 0 bridgehead atoms. The van der Waals surface area contributed by atoms with E-state index < -0.39 is 30.6 Å². The van der Waals surface area contributed by atoms with Crippen LogP contribution >= 0.6 is 11.8 Å². The summed E-state index contributed by atoms with van der Waals surface area (Å²) >= 11 is 1.57. The number of unbranched alkanes of at least 4 members (excludes halogenated alkanes) is 5. The number of nitrogens with one attached hydrogen (secondary N) is 1. The predicted molar refractivity (Wildman–Crippen MR) is 140 cm³/mol. The van der Waals surface area contributed by atoms with Crippen LogP contribution in [0.5, 0.6) is 0 Å². The van der Waals surface area contributed by atoms with E-state index >= 15 is 0 Å². The van der Waals surface area contributed by atoms with Crippen molar-refractivity contribution in [1.82, 2.24) is 10.2 Å². The summed E-state index contributed by atoms with van der Waals surface area (Å²) in [5, 5.41) is 24.3. The Morgan fingerprint density at radius 2 is 1.77 bits per heavy atom. The van der Waals surface area contributed by atoms with E-state index in [0.717, 1.165) is 48.4 Å². The number of aliphatic carboxylic acids is 2. The van der Waals surface area contributed by atoms with Gasteiger partial charge in [0.1, 0.15) is 12.6 Å². The van der Waals surface area contributed by atoms with Crippen LogP contribution in [0.15, 0.2) is 42.5 Å². The van der Waals surface area contributed by atoms with Gasteiger partial charge in [-0.15, -0.1) is 11.8 Å². The van der Waals surface area contributed by atoms with Gasteiger partial charge in [-0.25, -0.2) is 0 Å². The van der Waals surface area contributed by atoms with Gasteiger partial charge in [-0.2, -0.15) is 0 Å². The monoisotopic (exact) mass is 500 g/mol. The molecule has 0 radical (unpaired) electrons. The molecule has 1 fully saturated rings. The fraction of sp³-hybridized carbons (Fsp3) is 0.519. The van der Waals surface area contributed by atoms with E-state index in [1.807, 2.05) is 42.5 Å². The van der Waals surface area contributed by atoms with Crippen LogP contribution in [0.1, 0.15) is 62.7 Å². The molecule has 1 saturated heterocycles. The number of carbonyl (C=O) groups excluding carboxylic acids is 1. The first-order valence-electron chi connectivity index (χ1n) is 12.5. The normalized spacial score (nSPS) is 19.5. The maximum atomic E-state index is 13.3. The number of carboxylic acids is 2. The Morgan fingerprint density at radius 3 is 2.51 bits per heavy atom. The highest BCUT2D eigenvalue weighted by atomic mass is 32.2. The third-order valence-electron chi connectivity index (χ3n) is 6.50. The van der Waals surface area contributed by atoms with Gasteiger partial charge in [0, 0.05) is 17.5 Å². The molecule has 190 valence electrons. The first kappa shape index (κ1) is 27.0. The topological polar surface area (TPSA) is 107 Å². The first-order valence-corrected chi connectivity index (χ1v) is 13.5. The second-order valence-corrected chi connectivity index (χ2v) is 10.4. The molecule has 1 aliphatic rings. The molecule has 0 aromatic heterocycles. The molecule has 8 heteroatoms. The minimum absolute atomic E-state index is 0.113. The van der Waals surface area contributed by atoms with Gasteiger partial charge in [-0.1, -0.05) is 87.9 Å². The molecule has 3 N–H and O–H groups in total. The lowest BCUT2D eigenvalue weighted by atomic mass is 10.0. The third-order valence-corrected chi connectivity index (χ3v) is 7.83. The Morgan fingerprint density at radius 1 is 1.06 bits per heavy atom. The standard InChI is InChI=1S/C27H36N2O5S/c1-2-3-4-5-6-7-15-22(27(33)34)28-23-18-35-24(16-29(26(23)32)17-25(30)31)21-14-10-12-19-11-8-9-13-20(19)21/h8-14,22-24,28H,2-7,15-18H2,1H3,(H,30,31)(H,33,34). The predicted octanol–water partition coefficient (Wildman–Crippen LogP) is 4.70. The number of carboxylic acid groups (broad SMARTS) is 2. The molecule has 1 heterocycles.